The van der Waals surface area contributed by atoms with E-state index in [2.05, 4.69) is 24.0 Å². The summed E-state index contributed by atoms with van der Waals surface area (Å²) in [7, 11) is 0. The zero-order valence-electron chi connectivity index (χ0n) is 9.55. The maximum Gasteiger partial charge on any atom is 0.172 e. The summed E-state index contributed by atoms with van der Waals surface area (Å²) in [6.45, 7) is 4.37. The fourth-order valence-corrected chi connectivity index (χ4v) is 2.39. The minimum absolute atomic E-state index is 0.111. The van der Waals surface area contributed by atoms with Gasteiger partial charge in [0.2, 0.25) is 0 Å². The quantitative estimate of drug-likeness (QED) is 0.272. The second-order valence-corrected chi connectivity index (χ2v) is 4.96. The van der Waals surface area contributed by atoms with Gasteiger partial charge in [0.25, 0.3) is 0 Å². The largest absolute Gasteiger partial charge is 0.409 e. The topological polar surface area (TPSA) is 71.5 Å². The van der Waals surface area contributed by atoms with E-state index in [9.17, 15) is 0 Å². The molecule has 1 aromatic heterocycles. The Kier molecular flexibility index (Phi) is 5.11. The van der Waals surface area contributed by atoms with Gasteiger partial charge in [-0.3, -0.25) is 0 Å². The van der Waals surface area contributed by atoms with Crippen molar-refractivity contribution in [1.29, 1.82) is 0 Å². The molecule has 1 aromatic rings. The van der Waals surface area contributed by atoms with Crippen LogP contribution in [0.5, 0.6) is 0 Å². The Morgan fingerprint density at radius 3 is 3.00 bits per heavy atom. The maximum atomic E-state index is 8.65. The molecule has 0 saturated heterocycles. The molecule has 0 atom stereocenters. The molecule has 3 N–H and O–H groups in total. The number of rotatable bonds is 5. The van der Waals surface area contributed by atoms with Gasteiger partial charge in [-0.15, -0.1) is 11.8 Å². The molecule has 1 rings (SSSR count). The third-order valence-electron chi connectivity index (χ3n) is 2.09. The molecule has 1 heterocycles. The van der Waals surface area contributed by atoms with E-state index in [0.29, 0.717) is 11.5 Å². The van der Waals surface area contributed by atoms with Crippen LogP contribution in [-0.4, -0.2) is 21.8 Å². The SMILES string of the molecule is CC(C)CCSc1ncccc1/C(N)=N/O. The predicted molar refractivity (Wildman–Crippen MR) is 66.9 cm³/mol. The molecular weight excluding hydrogens is 222 g/mol. The van der Waals surface area contributed by atoms with Crippen molar-refractivity contribution in [3.63, 3.8) is 0 Å². The Balaban J connectivity index is 2.72. The van der Waals surface area contributed by atoms with Gasteiger partial charge in [-0.1, -0.05) is 19.0 Å². The molecule has 0 aromatic carbocycles. The van der Waals surface area contributed by atoms with Gasteiger partial charge in [-0.05, 0) is 30.2 Å². The monoisotopic (exact) mass is 239 g/mol. The summed E-state index contributed by atoms with van der Waals surface area (Å²) in [6, 6.07) is 3.58. The molecule has 4 nitrogen and oxygen atoms in total. The second-order valence-electron chi connectivity index (χ2n) is 3.87. The van der Waals surface area contributed by atoms with Crippen LogP contribution in [0.25, 0.3) is 0 Å². The van der Waals surface area contributed by atoms with E-state index in [-0.39, 0.29) is 5.84 Å². The summed E-state index contributed by atoms with van der Waals surface area (Å²) in [5.74, 6) is 1.77. The summed E-state index contributed by atoms with van der Waals surface area (Å²) in [5.41, 5.74) is 6.27. The lowest BCUT2D eigenvalue weighted by molar-refractivity contribution is 0.318. The first-order valence-corrected chi connectivity index (χ1v) is 6.19. The van der Waals surface area contributed by atoms with Crippen molar-refractivity contribution < 1.29 is 5.21 Å². The number of thioether (sulfide) groups is 1. The molecule has 0 aliphatic heterocycles. The number of hydrogen-bond acceptors (Lipinski definition) is 4. The van der Waals surface area contributed by atoms with E-state index >= 15 is 0 Å². The van der Waals surface area contributed by atoms with E-state index < -0.39 is 0 Å². The van der Waals surface area contributed by atoms with Gasteiger partial charge >= 0.3 is 0 Å². The maximum absolute atomic E-state index is 8.65. The van der Waals surface area contributed by atoms with Crippen LogP contribution in [0.3, 0.4) is 0 Å². The van der Waals surface area contributed by atoms with Crippen LogP contribution >= 0.6 is 11.8 Å². The van der Waals surface area contributed by atoms with E-state index in [1.807, 2.05) is 0 Å². The Morgan fingerprint density at radius 1 is 1.62 bits per heavy atom. The van der Waals surface area contributed by atoms with Gasteiger partial charge in [0, 0.05) is 6.20 Å². The van der Waals surface area contributed by atoms with Gasteiger partial charge in [-0.2, -0.15) is 0 Å². The van der Waals surface area contributed by atoms with Crippen molar-refractivity contribution in [3.8, 4) is 0 Å². The molecule has 0 spiro atoms. The molecule has 0 aliphatic carbocycles. The fourth-order valence-electron chi connectivity index (χ4n) is 1.15. The highest BCUT2D eigenvalue weighted by atomic mass is 32.2. The smallest absolute Gasteiger partial charge is 0.172 e. The van der Waals surface area contributed by atoms with E-state index in [4.69, 9.17) is 10.9 Å². The summed E-state index contributed by atoms with van der Waals surface area (Å²) in [5, 5.41) is 12.5. The molecule has 0 bridgehead atoms. The van der Waals surface area contributed by atoms with Crippen LogP contribution in [0, 0.1) is 5.92 Å². The highest BCUT2D eigenvalue weighted by molar-refractivity contribution is 7.99. The van der Waals surface area contributed by atoms with Crippen LogP contribution in [0.1, 0.15) is 25.8 Å². The first-order valence-electron chi connectivity index (χ1n) is 5.21. The molecule has 0 saturated carbocycles. The normalized spacial score (nSPS) is 12.1. The predicted octanol–water partition coefficient (Wildman–Crippen LogP) is 2.31. The molecule has 0 unspecified atom stereocenters. The molecule has 88 valence electrons. The zero-order valence-corrected chi connectivity index (χ0v) is 10.4. The van der Waals surface area contributed by atoms with Crippen molar-refractivity contribution >= 4 is 17.6 Å². The number of hydrogen-bond donors (Lipinski definition) is 2. The first kappa shape index (κ1) is 12.8. The average Bonchev–Trinajstić information content (AvgIpc) is 2.28. The van der Waals surface area contributed by atoms with Crippen LogP contribution in [-0.2, 0) is 0 Å². The number of oxime groups is 1. The Morgan fingerprint density at radius 2 is 2.38 bits per heavy atom. The van der Waals surface area contributed by atoms with Crippen LogP contribution < -0.4 is 5.73 Å². The van der Waals surface area contributed by atoms with E-state index in [1.165, 1.54) is 0 Å². The molecule has 5 heteroatoms. The van der Waals surface area contributed by atoms with E-state index in [0.717, 1.165) is 17.2 Å². The van der Waals surface area contributed by atoms with Gasteiger partial charge in [-0.25, -0.2) is 4.98 Å². The Bertz CT molecular complexity index is 366. The van der Waals surface area contributed by atoms with Gasteiger partial charge < -0.3 is 10.9 Å². The van der Waals surface area contributed by atoms with Crippen LogP contribution in [0.2, 0.25) is 0 Å². The number of nitrogens with zero attached hydrogens (tertiary/aromatic N) is 2. The van der Waals surface area contributed by atoms with Gasteiger partial charge in [0.1, 0.15) is 5.03 Å². The first-order chi connectivity index (χ1) is 7.65. The third-order valence-corrected chi connectivity index (χ3v) is 3.13. The van der Waals surface area contributed by atoms with E-state index in [1.54, 1.807) is 30.1 Å². The van der Waals surface area contributed by atoms with Crippen molar-refractivity contribution in [2.24, 2.45) is 16.8 Å². The molecule has 0 aliphatic rings. The lowest BCUT2D eigenvalue weighted by atomic mass is 10.2. The summed E-state index contributed by atoms with van der Waals surface area (Å²) in [4.78, 5) is 4.24. The highest BCUT2D eigenvalue weighted by Crippen LogP contribution is 2.21. The summed E-state index contributed by atoms with van der Waals surface area (Å²) < 4.78 is 0. The average molecular weight is 239 g/mol. The number of nitrogens with two attached hydrogens (primary N) is 1. The Labute approximate surface area is 99.9 Å². The number of pyridine rings is 1. The number of amidine groups is 1. The van der Waals surface area contributed by atoms with Gasteiger partial charge in [0.15, 0.2) is 5.84 Å². The van der Waals surface area contributed by atoms with Gasteiger partial charge in [0.05, 0.1) is 5.56 Å². The number of aromatic nitrogens is 1. The minimum atomic E-state index is 0.111. The van der Waals surface area contributed by atoms with Crippen molar-refractivity contribution in [1.82, 2.24) is 4.98 Å². The zero-order chi connectivity index (χ0) is 12.0. The highest BCUT2D eigenvalue weighted by Gasteiger charge is 2.08. The molecule has 0 fully saturated rings. The lowest BCUT2D eigenvalue weighted by Gasteiger charge is -2.07. The van der Waals surface area contributed by atoms with Crippen LogP contribution in [0.4, 0.5) is 0 Å². The fraction of sp³-hybridized carbons (Fsp3) is 0.455. The van der Waals surface area contributed by atoms with Crippen molar-refractivity contribution in [3.05, 3.63) is 23.9 Å². The Hall–Kier alpha value is -1.23. The molecular formula is C11H17N3OS. The standard InChI is InChI=1S/C11H17N3OS/c1-8(2)5-7-16-11-9(10(12)14-15)4-3-6-13-11/h3-4,6,8,15H,5,7H2,1-2H3,(H2,12,14). The second kappa shape index (κ2) is 6.37. The third kappa shape index (κ3) is 3.73. The summed E-state index contributed by atoms with van der Waals surface area (Å²) >= 11 is 1.64. The molecule has 16 heavy (non-hydrogen) atoms. The van der Waals surface area contributed by atoms with Crippen molar-refractivity contribution in [2.75, 3.05) is 5.75 Å². The van der Waals surface area contributed by atoms with Crippen molar-refractivity contribution in [2.45, 2.75) is 25.3 Å². The van der Waals surface area contributed by atoms with Crippen LogP contribution in [0.15, 0.2) is 28.5 Å². The minimum Gasteiger partial charge on any atom is -0.409 e. The molecule has 0 radical (unpaired) electrons. The summed E-state index contributed by atoms with van der Waals surface area (Å²) in [6.07, 6.45) is 2.84. The molecule has 0 amide bonds. The lowest BCUT2D eigenvalue weighted by Crippen LogP contribution is -2.14.